The van der Waals surface area contributed by atoms with E-state index in [1.807, 2.05) is 4.90 Å². The summed E-state index contributed by atoms with van der Waals surface area (Å²) in [5.74, 6) is 1.00. The summed E-state index contributed by atoms with van der Waals surface area (Å²) in [6.45, 7) is 5.64. The number of aromatic amines is 1. The summed E-state index contributed by atoms with van der Waals surface area (Å²) < 4.78 is 10.9. The molecule has 1 N–H and O–H groups in total. The maximum atomic E-state index is 13.1. The Morgan fingerprint density at radius 3 is 2.62 bits per heavy atom. The maximum absolute atomic E-state index is 13.1. The molecular formula is C21H30N4O4. The molecule has 5 rings (SSSR count). The number of nitrogens with zero attached hydrogens (tertiary/aromatic N) is 3. The first kappa shape index (κ1) is 19.1. The Morgan fingerprint density at radius 2 is 1.83 bits per heavy atom. The van der Waals surface area contributed by atoms with Crippen molar-refractivity contribution in [3.63, 3.8) is 0 Å². The SMILES string of the molecule is O=C(C1CCOCC1)N1CCCC2(CCc3c2nc(N2CCOCC2)[nH]c3=O)C1. The largest absolute Gasteiger partial charge is 0.381 e. The molecule has 8 nitrogen and oxygen atoms in total. The zero-order valence-electron chi connectivity index (χ0n) is 17.0. The molecule has 3 saturated heterocycles. The van der Waals surface area contributed by atoms with Crippen LogP contribution in [0.2, 0.25) is 0 Å². The molecule has 158 valence electrons. The van der Waals surface area contributed by atoms with E-state index in [-0.39, 0.29) is 22.8 Å². The van der Waals surface area contributed by atoms with E-state index in [0.29, 0.717) is 38.9 Å². The summed E-state index contributed by atoms with van der Waals surface area (Å²) in [4.78, 5) is 38.1. The Hall–Kier alpha value is -1.93. The van der Waals surface area contributed by atoms with Crippen LogP contribution in [0.5, 0.6) is 0 Å². The highest BCUT2D eigenvalue weighted by molar-refractivity contribution is 5.79. The van der Waals surface area contributed by atoms with Gasteiger partial charge in [-0.3, -0.25) is 14.6 Å². The zero-order chi connectivity index (χ0) is 19.8. The fourth-order valence-electron chi connectivity index (χ4n) is 5.48. The van der Waals surface area contributed by atoms with Gasteiger partial charge in [-0.1, -0.05) is 0 Å². The Labute approximate surface area is 170 Å². The minimum Gasteiger partial charge on any atom is -0.381 e. The second kappa shape index (κ2) is 7.72. The van der Waals surface area contributed by atoms with Gasteiger partial charge in [0.05, 0.1) is 18.9 Å². The number of aromatic nitrogens is 2. The van der Waals surface area contributed by atoms with E-state index in [2.05, 4.69) is 9.88 Å². The normalized spacial score (nSPS) is 28.0. The van der Waals surface area contributed by atoms with Crippen LogP contribution in [0.25, 0.3) is 0 Å². The van der Waals surface area contributed by atoms with E-state index < -0.39 is 0 Å². The third-order valence-electron chi connectivity index (χ3n) is 7.13. The number of fused-ring (bicyclic) bond motifs is 2. The van der Waals surface area contributed by atoms with Crippen LogP contribution in [0.3, 0.4) is 0 Å². The number of morpholine rings is 1. The molecule has 0 radical (unpaired) electrons. The number of likely N-dealkylation sites (tertiary alicyclic amines) is 1. The molecule has 1 aromatic rings. The van der Waals surface area contributed by atoms with Gasteiger partial charge < -0.3 is 19.3 Å². The van der Waals surface area contributed by atoms with Gasteiger partial charge in [0, 0.05) is 56.3 Å². The first-order chi connectivity index (χ1) is 14.2. The molecule has 29 heavy (non-hydrogen) atoms. The monoisotopic (exact) mass is 402 g/mol. The molecule has 1 spiro atoms. The average Bonchev–Trinajstić information content (AvgIpc) is 3.12. The highest BCUT2D eigenvalue weighted by Gasteiger charge is 2.46. The van der Waals surface area contributed by atoms with E-state index in [0.717, 1.165) is 69.4 Å². The lowest BCUT2D eigenvalue weighted by molar-refractivity contribution is -0.140. The van der Waals surface area contributed by atoms with Crippen LogP contribution in [0.15, 0.2) is 4.79 Å². The number of carbonyl (C=O) groups is 1. The Bertz CT molecular complexity index is 828. The van der Waals surface area contributed by atoms with Crippen molar-refractivity contribution >= 4 is 11.9 Å². The number of ether oxygens (including phenoxy) is 2. The van der Waals surface area contributed by atoms with Crippen molar-refractivity contribution in [1.82, 2.24) is 14.9 Å². The number of carbonyl (C=O) groups excluding carboxylic acids is 1. The summed E-state index contributed by atoms with van der Waals surface area (Å²) in [6, 6.07) is 0. The summed E-state index contributed by atoms with van der Waals surface area (Å²) in [7, 11) is 0. The summed E-state index contributed by atoms with van der Waals surface area (Å²) in [5.41, 5.74) is 1.57. The van der Waals surface area contributed by atoms with E-state index in [4.69, 9.17) is 14.5 Å². The van der Waals surface area contributed by atoms with E-state index in [1.54, 1.807) is 0 Å². The second-order valence-corrected chi connectivity index (χ2v) is 8.85. The number of amides is 1. The maximum Gasteiger partial charge on any atom is 0.255 e. The first-order valence-corrected chi connectivity index (χ1v) is 11.0. The van der Waals surface area contributed by atoms with E-state index >= 15 is 0 Å². The molecule has 0 aromatic carbocycles. The van der Waals surface area contributed by atoms with Crippen LogP contribution in [0, 0.1) is 5.92 Å². The van der Waals surface area contributed by atoms with E-state index in [9.17, 15) is 9.59 Å². The van der Waals surface area contributed by atoms with Gasteiger partial charge in [-0.15, -0.1) is 0 Å². The molecule has 3 aliphatic heterocycles. The Morgan fingerprint density at radius 1 is 1.07 bits per heavy atom. The van der Waals surface area contributed by atoms with Gasteiger partial charge in [-0.2, -0.15) is 0 Å². The molecule has 1 unspecified atom stereocenters. The number of hydrogen-bond acceptors (Lipinski definition) is 6. The number of nitrogens with one attached hydrogen (secondary N) is 1. The van der Waals surface area contributed by atoms with Crippen LogP contribution in [0.4, 0.5) is 5.95 Å². The summed E-state index contributed by atoms with van der Waals surface area (Å²) in [5, 5.41) is 0. The van der Waals surface area contributed by atoms with Crippen molar-refractivity contribution in [1.29, 1.82) is 0 Å². The third-order valence-corrected chi connectivity index (χ3v) is 7.13. The number of H-pyrrole nitrogens is 1. The highest BCUT2D eigenvalue weighted by atomic mass is 16.5. The van der Waals surface area contributed by atoms with Gasteiger partial charge in [0.25, 0.3) is 5.56 Å². The van der Waals surface area contributed by atoms with Crippen LogP contribution in [0.1, 0.15) is 43.4 Å². The molecule has 4 heterocycles. The molecule has 1 aliphatic carbocycles. The predicted octanol–water partition coefficient (Wildman–Crippen LogP) is 0.840. The smallest absolute Gasteiger partial charge is 0.255 e. The van der Waals surface area contributed by atoms with Gasteiger partial charge in [0.2, 0.25) is 11.9 Å². The van der Waals surface area contributed by atoms with E-state index in [1.165, 1.54) is 0 Å². The fourth-order valence-corrected chi connectivity index (χ4v) is 5.48. The molecule has 0 bridgehead atoms. The highest BCUT2D eigenvalue weighted by Crippen LogP contribution is 2.43. The van der Waals surface area contributed by atoms with Crippen LogP contribution in [-0.2, 0) is 26.1 Å². The third kappa shape index (κ3) is 3.46. The van der Waals surface area contributed by atoms with Crippen LogP contribution >= 0.6 is 0 Å². The van der Waals surface area contributed by atoms with Crippen LogP contribution in [-0.4, -0.2) is 73.4 Å². The van der Waals surface area contributed by atoms with Crippen molar-refractivity contribution in [3.05, 3.63) is 21.6 Å². The summed E-state index contributed by atoms with van der Waals surface area (Å²) in [6.07, 6.45) is 5.26. The first-order valence-electron chi connectivity index (χ1n) is 11.0. The summed E-state index contributed by atoms with van der Waals surface area (Å²) >= 11 is 0. The predicted molar refractivity (Wildman–Crippen MR) is 107 cm³/mol. The molecule has 1 amide bonds. The minimum absolute atomic E-state index is 0.0127. The van der Waals surface area contributed by atoms with Crippen molar-refractivity contribution in [3.8, 4) is 0 Å². The number of anilines is 1. The van der Waals surface area contributed by atoms with Gasteiger partial charge in [-0.25, -0.2) is 4.98 Å². The fraction of sp³-hybridized carbons (Fsp3) is 0.762. The lowest BCUT2D eigenvalue weighted by atomic mass is 9.77. The standard InChI is InChI=1S/C21H30N4O4/c26-18-16-2-6-21(17(16)22-20(23-18)24-8-12-29-13-9-24)5-1-7-25(14-21)19(27)15-3-10-28-11-4-15/h15H,1-14H2,(H,22,23,26). The zero-order valence-corrected chi connectivity index (χ0v) is 17.0. The van der Waals surface area contributed by atoms with Crippen molar-refractivity contribution < 1.29 is 14.3 Å². The van der Waals surface area contributed by atoms with Crippen LogP contribution < -0.4 is 10.5 Å². The molecule has 3 fully saturated rings. The van der Waals surface area contributed by atoms with Crippen molar-refractivity contribution in [2.45, 2.75) is 43.9 Å². The lowest BCUT2D eigenvalue weighted by Crippen LogP contribution is -2.50. The molecule has 0 saturated carbocycles. The molecule has 8 heteroatoms. The van der Waals surface area contributed by atoms with Gasteiger partial charge in [0.15, 0.2) is 0 Å². The van der Waals surface area contributed by atoms with Gasteiger partial charge in [0.1, 0.15) is 0 Å². The number of piperidine rings is 1. The van der Waals surface area contributed by atoms with Gasteiger partial charge in [-0.05, 0) is 38.5 Å². The molecule has 4 aliphatic rings. The topological polar surface area (TPSA) is 87.8 Å². The molecule has 1 aromatic heterocycles. The number of rotatable bonds is 2. The average molecular weight is 402 g/mol. The molecule has 1 atom stereocenters. The molecular weight excluding hydrogens is 372 g/mol. The lowest BCUT2D eigenvalue weighted by Gasteiger charge is -2.42. The quantitative estimate of drug-likeness (QED) is 0.789. The van der Waals surface area contributed by atoms with Crippen molar-refractivity contribution in [2.75, 3.05) is 57.5 Å². The Balaban J connectivity index is 1.42. The Kier molecular flexibility index (Phi) is 5.07. The van der Waals surface area contributed by atoms with Crippen molar-refractivity contribution in [2.24, 2.45) is 5.92 Å². The second-order valence-electron chi connectivity index (χ2n) is 8.85. The minimum atomic E-state index is -0.177. The van der Waals surface area contributed by atoms with Gasteiger partial charge >= 0.3 is 0 Å². The number of hydrogen-bond donors (Lipinski definition) is 1.